The monoisotopic (exact) mass is 403 g/mol. The van der Waals surface area contributed by atoms with E-state index in [9.17, 15) is 9.18 Å². The smallest absolute Gasteiger partial charge is 0.242 e. The lowest BCUT2D eigenvalue weighted by Gasteiger charge is -2.35. The van der Waals surface area contributed by atoms with Gasteiger partial charge >= 0.3 is 0 Å². The second-order valence-electron chi connectivity index (χ2n) is 7.41. The van der Waals surface area contributed by atoms with Crippen LogP contribution >= 0.6 is 0 Å². The molecule has 7 heteroatoms. The van der Waals surface area contributed by atoms with Crippen molar-refractivity contribution in [3.8, 4) is 11.8 Å². The second-order valence-corrected chi connectivity index (χ2v) is 7.41. The van der Waals surface area contributed by atoms with Gasteiger partial charge in [0.25, 0.3) is 0 Å². The third-order valence-corrected chi connectivity index (χ3v) is 5.48. The van der Waals surface area contributed by atoms with Gasteiger partial charge in [-0.1, -0.05) is 18.2 Å². The van der Waals surface area contributed by atoms with Gasteiger partial charge in [0.15, 0.2) is 0 Å². The van der Waals surface area contributed by atoms with E-state index in [0.717, 1.165) is 22.6 Å². The largest absolute Gasteiger partial charge is 0.353 e. The summed E-state index contributed by atoms with van der Waals surface area (Å²) < 4.78 is 16.3. The van der Waals surface area contributed by atoms with Crippen molar-refractivity contribution in [1.29, 1.82) is 5.26 Å². The highest BCUT2D eigenvalue weighted by atomic mass is 19.1. The lowest BCUT2D eigenvalue weighted by atomic mass is 9.99. The molecular weight excluding hydrogens is 381 g/mol. The lowest BCUT2D eigenvalue weighted by Crippen LogP contribution is -2.49. The maximum atomic E-state index is 14.4. The number of carbonyl (C=O) groups is 1. The van der Waals surface area contributed by atoms with Gasteiger partial charge in [0.1, 0.15) is 11.9 Å². The Morgan fingerprint density at radius 1 is 1.23 bits per heavy atom. The van der Waals surface area contributed by atoms with E-state index in [-0.39, 0.29) is 18.3 Å². The van der Waals surface area contributed by atoms with Gasteiger partial charge < -0.3 is 5.32 Å². The zero-order valence-corrected chi connectivity index (χ0v) is 16.9. The summed E-state index contributed by atoms with van der Waals surface area (Å²) in [5, 5.41) is 16.7. The average molecular weight is 403 g/mol. The molecule has 1 saturated heterocycles. The minimum Gasteiger partial charge on any atom is -0.353 e. The molecule has 0 bridgehead atoms. The molecule has 6 nitrogen and oxygen atoms in total. The number of nitriles is 1. The third-order valence-electron chi connectivity index (χ3n) is 5.48. The van der Waals surface area contributed by atoms with E-state index < -0.39 is 6.04 Å². The number of carbonyl (C=O) groups excluding carboxylic acids is 1. The number of aromatic nitrogens is 2. The van der Waals surface area contributed by atoms with Crippen LogP contribution in [0.25, 0.3) is 5.69 Å². The number of para-hydroxylation sites is 1. The fourth-order valence-electron chi connectivity index (χ4n) is 4.05. The van der Waals surface area contributed by atoms with Crippen LogP contribution in [-0.4, -0.2) is 33.7 Å². The minimum atomic E-state index is -0.582. The van der Waals surface area contributed by atoms with Crippen LogP contribution in [0.5, 0.6) is 0 Å². The Morgan fingerprint density at radius 2 is 2.00 bits per heavy atom. The molecule has 30 heavy (non-hydrogen) atoms. The van der Waals surface area contributed by atoms with Gasteiger partial charge in [0, 0.05) is 36.5 Å². The van der Waals surface area contributed by atoms with E-state index in [1.165, 1.54) is 12.1 Å². The summed E-state index contributed by atoms with van der Waals surface area (Å²) in [6, 6.07) is 15.5. The highest BCUT2D eigenvalue weighted by Gasteiger charge is 2.35. The van der Waals surface area contributed by atoms with Crippen LogP contribution in [0.2, 0.25) is 0 Å². The zero-order valence-electron chi connectivity index (χ0n) is 16.9. The Labute approximate surface area is 174 Å². The summed E-state index contributed by atoms with van der Waals surface area (Å²) in [5.41, 5.74) is 4.17. The van der Waals surface area contributed by atoms with E-state index in [1.807, 2.05) is 59.8 Å². The van der Waals surface area contributed by atoms with E-state index in [1.54, 1.807) is 6.07 Å². The maximum Gasteiger partial charge on any atom is 0.242 e. The normalized spacial score (nSPS) is 16.9. The first-order valence-electron chi connectivity index (χ1n) is 9.81. The molecule has 1 atom stereocenters. The number of amides is 1. The molecule has 2 heterocycles. The zero-order chi connectivity index (χ0) is 21.3. The van der Waals surface area contributed by atoms with E-state index in [4.69, 9.17) is 5.26 Å². The fraction of sp³-hybridized carbons (Fsp3) is 0.261. The predicted octanol–water partition coefficient (Wildman–Crippen LogP) is 3.17. The van der Waals surface area contributed by atoms with Gasteiger partial charge in [-0.05, 0) is 44.2 Å². The maximum absolute atomic E-state index is 14.4. The van der Waals surface area contributed by atoms with Crippen molar-refractivity contribution in [2.45, 2.75) is 26.4 Å². The third kappa shape index (κ3) is 3.58. The number of nitrogens with one attached hydrogen (secondary N) is 1. The van der Waals surface area contributed by atoms with Crippen molar-refractivity contribution in [2.24, 2.45) is 0 Å². The van der Waals surface area contributed by atoms with Gasteiger partial charge in [0.05, 0.1) is 23.0 Å². The topological polar surface area (TPSA) is 74.0 Å². The summed E-state index contributed by atoms with van der Waals surface area (Å²) in [4.78, 5) is 14.9. The van der Waals surface area contributed by atoms with Crippen molar-refractivity contribution in [3.63, 3.8) is 0 Å². The second kappa shape index (κ2) is 8.09. The van der Waals surface area contributed by atoms with E-state index in [2.05, 4.69) is 10.4 Å². The molecule has 1 fully saturated rings. The molecule has 0 radical (unpaired) electrons. The van der Waals surface area contributed by atoms with Gasteiger partial charge in [0.2, 0.25) is 5.91 Å². The lowest BCUT2D eigenvalue weighted by molar-refractivity contribution is -0.129. The Hall–Kier alpha value is -3.50. The highest BCUT2D eigenvalue weighted by molar-refractivity contribution is 5.84. The number of hydrogen-bond donors (Lipinski definition) is 1. The van der Waals surface area contributed by atoms with Gasteiger partial charge in [-0.25, -0.2) is 9.07 Å². The highest BCUT2D eigenvalue weighted by Crippen LogP contribution is 2.31. The molecule has 1 unspecified atom stereocenters. The minimum absolute atomic E-state index is 0.128. The van der Waals surface area contributed by atoms with Crippen molar-refractivity contribution >= 4 is 5.91 Å². The van der Waals surface area contributed by atoms with Crippen molar-refractivity contribution in [3.05, 3.63) is 82.4 Å². The molecule has 1 amide bonds. The molecule has 3 aromatic rings. The van der Waals surface area contributed by atoms with Crippen LogP contribution in [-0.2, 0) is 11.3 Å². The van der Waals surface area contributed by atoms with E-state index in [0.29, 0.717) is 24.2 Å². The number of nitrogens with zero attached hydrogens (tertiary/aromatic N) is 4. The predicted molar refractivity (Wildman–Crippen MR) is 110 cm³/mol. The number of rotatable bonds is 4. The van der Waals surface area contributed by atoms with Gasteiger partial charge in [-0.3, -0.25) is 9.69 Å². The fourth-order valence-corrected chi connectivity index (χ4v) is 4.05. The van der Waals surface area contributed by atoms with Crippen molar-refractivity contribution < 1.29 is 9.18 Å². The molecule has 0 saturated carbocycles. The molecular formula is C23H22FN5O. The first-order valence-corrected chi connectivity index (χ1v) is 9.81. The van der Waals surface area contributed by atoms with Crippen molar-refractivity contribution in [2.75, 3.05) is 13.1 Å². The van der Waals surface area contributed by atoms with Crippen LogP contribution in [0.3, 0.4) is 0 Å². The van der Waals surface area contributed by atoms with Crippen LogP contribution in [0.15, 0.2) is 48.5 Å². The summed E-state index contributed by atoms with van der Waals surface area (Å²) >= 11 is 0. The standard InChI is InChI=1S/C23H22FN5O/c1-15-21(16(2)29(27-15)19-6-4-3-5-7-19)22-23(30)26-10-11-28(22)14-18-12-17(13-25)8-9-20(18)24/h3-9,12,22H,10-11,14H2,1-2H3,(H,26,30). The number of benzene rings is 2. The molecule has 1 aliphatic rings. The number of hydrogen-bond acceptors (Lipinski definition) is 4. The van der Waals surface area contributed by atoms with Crippen LogP contribution in [0, 0.1) is 31.0 Å². The van der Waals surface area contributed by atoms with E-state index >= 15 is 0 Å². The molecule has 0 aliphatic carbocycles. The Balaban J connectivity index is 1.74. The molecule has 1 aromatic heterocycles. The number of piperazine rings is 1. The summed E-state index contributed by atoms with van der Waals surface area (Å²) in [5.74, 6) is -0.510. The van der Waals surface area contributed by atoms with Crippen molar-refractivity contribution in [1.82, 2.24) is 20.0 Å². The van der Waals surface area contributed by atoms with Gasteiger partial charge in [-0.15, -0.1) is 0 Å². The molecule has 152 valence electrons. The first-order chi connectivity index (χ1) is 14.5. The molecule has 4 rings (SSSR count). The average Bonchev–Trinajstić information content (AvgIpc) is 3.04. The molecule has 1 aliphatic heterocycles. The van der Waals surface area contributed by atoms with Crippen LogP contribution in [0.1, 0.15) is 34.1 Å². The Morgan fingerprint density at radius 3 is 2.73 bits per heavy atom. The Kier molecular flexibility index (Phi) is 5.34. The Bertz CT molecular complexity index is 1130. The number of aryl methyl sites for hydroxylation is 1. The first kappa shape index (κ1) is 19.8. The summed E-state index contributed by atoms with van der Waals surface area (Å²) in [6.07, 6.45) is 0. The van der Waals surface area contributed by atoms with Gasteiger partial charge in [-0.2, -0.15) is 10.4 Å². The molecule has 2 aromatic carbocycles. The number of halogens is 1. The summed E-state index contributed by atoms with van der Waals surface area (Å²) in [6.45, 7) is 5.12. The quantitative estimate of drug-likeness (QED) is 0.726. The van der Waals surface area contributed by atoms with Crippen LogP contribution in [0.4, 0.5) is 4.39 Å². The molecule has 1 N–H and O–H groups in total. The summed E-state index contributed by atoms with van der Waals surface area (Å²) in [7, 11) is 0. The van der Waals surface area contributed by atoms with Crippen LogP contribution < -0.4 is 5.32 Å². The molecule has 0 spiro atoms. The SMILES string of the molecule is Cc1nn(-c2ccccc2)c(C)c1C1C(=O)NCCN1Cc1cc(C#N)ccc1F.